The second-order valence-corrected chi connectivity index (χ2v) is 13.6. The number of hydrogen-bond donors (Lipinski definition) is 3. The van der Waals surface area contributed by atoms with E-state index in [1.54, 1.807) is 38.1 Å². The molecular weight excluding hydrogens is 514 g/mol. The summed E-state index contributed by atoms with van der Waals surface area (Å²) in [6.45, 7) is 4.96. The van der Waals surface area contributed by atoms with Crippen molar-refractivity contribution < 1.29 is 23.1 Å². The standard InChI is InChI=1S/C30H37N3O5S/c1-30(2,35)19-32-29(34)22-5-10-27(31-18-22)28-12-11-26(33-28)25(17-20-13-15-38-16-14-20)21-3-6-23(7-4-21)39(36,37)24-8-9-24/h3-7,10-12,18,20,24-25,33,35H,8-9,13-17,19H2,1-2H3,(H,32,34). The molecule has 3 heterocycles. The fraction of sp³-hybridized carbons (Fsp3) is 0.467. The summed E-state index contributed by atoms with van der Waals surface area (Å²) in [5, 5.41) is 12.3. The molecule has 1 saturated heterocycles. The lowest BCUT2D eigenvalue weighted by Gasteiger charge is -2.27. The zero-order valence-electron chi connectivity index (χ0n) is 22.5. The smallest absolute Gasteiger partial charge is 0.252 e. The Labute approximate surface area is 230 Å². The summed E-state index contributed by atoms with van der Waals surface area (Å²) < 4.78 is 31.0. The molecule has 3 aromatic rings. The first-order valence-corrected chi connectivity index (χ1v) is 15.2. The number of amides is 1. The third-order valence-electron chi connectivity index (χ3n) is 7.55. The van der Waals surface area contributed by atoms with Gasteiger partial charge in [-0.1, -0.05) is 12.1 Å². The van der Waals surface area contributed by atoms with Gasteiger partial charge in [-0.05, 0) is 93.8 Å². The van der Waals surface area contributed by atoms with E-state index in [0.29, 0.717) is 16.4 Å². The van der Waals surface area contributed by atoms with Crippen LogP contribution in [-0.4, -0.2) is 60.0 Å². The Kier molecular flexibility index (Phi) is 7.94. The minimum atomic E-state index is -3.23. The van der Waals surface area contributed by atoms with Gasteiger partial charge in [-0.15, -0.1) is 0 Å². The van der Waals surface area contributed by atoms with Crippen molar-refractivity contribution >= 4 is 15.7 Å². The van der Waals surface area contributed by atoms with Crippen LogP contribution in [0.15, 0.2) is 59.6 Å². The van der Waals surface area contributed by atoms with E-state index in [-0.39, 0.29) is 23.6 Å². The van der Waals surface area contributed by atoms with Gasteiger partial charge in [-0.3, -0.25) is 9.78 Å². The number of carbonyl (C=O) groups is 1. The Morgan fingerprint density at radius 2 is 1.79 bits per heavy atom. The second-order valence-electron chi connectivity index (χ2n) is 11.4. The Balaban J connectivity index is 1.36. The summed E-state index contributed by atoms with van der Waals surface area (Å²) in [5.41, 5.74) is 3.12. The number of carbonyl (C=O) groups excluding carboxylic acids is 1. The van der Waals surface area contributed by atoms with Crippen molar-refractivity contribution in [3.8, 4) is 11.4 Å². The number of H-pyrrole nitrogens is 1. The van der Waals surface area contributed by atoms with Crippen molar-refractivity contribution in [2.75, 3.05) is 19.8 Å². The van der Waals surface area contributed by atoms with Crippen LogP contribution in [0.1, 0.15) is 73.5 Å². The van der Waals surface area contributed by atoms with E-state index in [1.165, 1.54) is 6.20 Å². The van der Waals surface area contributed by atoms with Crippen molar-refractivity contribution in [3.63, 3.8) is 0 Å². The Hall–Kier alpha value is -3.01. The molecule has 2 aliphatic rings. The Morgan fingerprint density at radius 1 is 1.08 bits per heavy atom. The van der Waals surface area contributed by atoms with Crippen molar-refractivity contribution in [2.24, 2.45) is 5.92 Å². The van der Waals surface area contributed by atoms with Gasteiger partial charge in [-0.25, -0.2) is 8.42 Å². The fourth-order valence-electron chi connectivity index (χ4n) is 5.07. The van der Waals surface area contributed by atoms with Crippen LogP contribution < -0.4 is 5.32 Å². The molecule has 1 aliphatic carbocycles. The number of pyridine rings is 1. The number of hydrogen-bond acceptors (Lipinski definition) is 6. The Morgan fingerprint density at radius 3 is 2.41 bits per heavy atom. The lowest BCUT2D eigenvalue weighted by atomic mass is 9.83. The normalized spacial score (nSPS) is 17.6. The van der Waals surface area contributed by atoms with Gasteiger partial charge < -0.3 is 20.1 Å². The van der Waals surface area contributed by atoms with E-state index < -0.39 is 15.4 Å². The van der Waals surface area contributed by atoms with E-state index in [4.69, 9.17) is 4.74 Å². The fourth-order valence-corrected chi connectivity index (χ4v) is 6.73. The third kappa shape index (κ3) is 6.77. The maximum atomic E-state index is 12.7. The van der Waals surface area contributed by atoms with Crippen molar-refractivity contribution in [3.05, 3.63) is 71.5 Å². The van der Waals surface area contributed by atoms with Crippen molar-refractivity contribution in [1.29, 1.82) is 0 Å². The van der Waals surface area contributed by atoms with Gasteiger partial charge in [0.2, 0.25) is 0 Å². The van der Waals surface area contributed by atoms with E-state index >= 15 is 0 Å². The number of rotatable bonds is 10. The third-order valence-corrected chi connectivity index (χ3v) is 9.83. The number of aliphatic hydroxyl groups is 1. The summed E-state index contributed by atoms with van der Waals surface area (Å²) in [7, 11) is -3.23. The highest BCUT2D eigenvalue weighted by Crippen LogP contribution is 2.37. The number of sulfone groups is 1. The predicted molar refractivity (Wildman–Crippen MR) is 149 cm³/mol. The van der Waals surface area contributed by atoms with Crippen LogP contribution in [0.25, 0.3) is 11.4 Å². The van der Waals surface area contributed by atoms with Crippen LogP contribution in [0, 0.1) is 5.92 Å². The van der Waals surface area contributed by atoms with Crippen LogP contribution in [0.3, 0.4) is 0 Å². The molecule has 1 aromatic carbocycles. The summed E-state index contributed by atoms with van der Waals surface area (Å²) in [6, 6.07) is 15.0. The summed E-state index contributed by atoms with van der Waals surface area (Å²) in [4.78, 5) is 20.8. The molecule has 1 atom stereocenters. The van der Waals surface area contributed by atoms with Gasteiger partial charge in [0, 0.05) is 37.6 Å². The molecule has 8 nitrogen and oxygen atoms in total. The lowest BCUT2D eigenvalue weighted by Crippen LogP contribution is -2.38. The van der Waals surface area contributed by atoms with Crippen LogP contribution in [0.2, 0.25) is 0 Å². The maximum absolute atomic E-state index is 12.7. The number of benzene rings is 1. The number of nitrogens with one attached hydrogen (secondary N) is 2. The second kappa shape index (κ2) is 11.2. The highest BCUT2D eigenvalue weighted by atomic mass is 32.2. The minimum absolute atomic E-state index is 0.0754. The monoisotopic (exact) mass is 551 g/mol. The van der Waals surface area contributed by atoms with E-state index in [1.807, 2.05) is 18.2 Å². The predicted octanol–water partition coefficient (Wildman–Crippen LogP) is 4.46. The molecule has 1 saturated carbocycles. The molecule has 9 heteroatoms. The topological polar surface area (TPSA) is 121 Å². The minimum Gasteiger partial charge on any atom is -0.389 e. The van der Waals surface area contributed by atoms with Gasteiger partial charge >= 0.3 is 0 Å². The molecule has 0 bridgehead atoms. The Bertz CT molecular complexity index is 1380. The maximum Gasteiger partial charge on any atom is 0.252 e. The summed E-state index contributed by atoms with van der Waals surface area (Å²) in [6.07, 6.45) is 6.00. The van der Waals surface area contributed by atoms with E-state index in [0.717, 1.165) is 68.0 Å². The molecular formula is C30H37N3O5S. The van der Waals surface area contributed by atoms with Crippen LogP contribution >= 0.6 is 0 Å². The highest BCUT2D eigenvalue weighted by Gasteiger charge is 2.37. The lowest BCUT2D eigenvalue weighted by molar-refractivity contribution is 0.0626. The summed E-state index contributed by atoms with van der Waals surface area (Å²) >= 11 is 0. The zero-order valence-corrected chi connectivity index (χ0v) is 23.3. The molecule has 5 rings (SSSR count). The van der Waals surface area contributed by atoms with E-state index in [2.05, 4.69) is 21.4 Å². The number of aromatic amines is 1. The average Bonchev–Trinajstić information content (AvgIpc) is 3.69. The van der Waals surface area contributed by atoms with E-state index in [9.17, 15) is 18.3 Å². The van der Waals surface area contributed by atoms with Crippen molar-refractivity contribution in [2.45, 2.75) is 67.6 Å². The zero-order chi connectivity index (χ0) is 27.6. The number of nitrogens with zero attached hydrogens (tertiary/aromatic N) is 1. The van der Waals surface area contributed by atoms with Gasteiger partial charge in [0.15, 0.2) is 9.84 Å². The molecule has 1 amide bonds. The number of aromatic nitrogens is 2. The first-order chi connectivity index (χ1) is 18.6. The quantitative estimate of drug-likeness (QED) is 0.342. The molecule has 39 heavy (non-hydrogen) atoms. The first-order valence-electron chi connectivity index (χ1n) is 13.7. The van der Waals surface area contributed by atoms with Crippen molar-refractivity contribution in [1.82, 2.24) is 15.3 Å². The summed E-state index contributed by atoms with van der Waals surface area (Å²) in [5.74, 6) is 0.309. The molecule has 3 N–H and O–H groups in total. The highest BCUT2D eigenvalue weighted by molar-refractivity contribution is 7.92. The molecule has 2 fully saturated rings. The van der Waals surface area contributed by atoms with Crippen LogP contribution in [0.5, 0.6) is 0 Å². The molecule has 0 radical (unpaired) electrons. The molecule has 1 aliphatic heterocycles. The molecule has 0 spiro atoms. The first kappa shape index (κ1) is 27.6. The largest absolute Gasteiger partial charge is 0.389 e. The van der Waals surface area contributed by atoms with Gasteiger partial charge in [-0.2, -0.15) is 0 Å². The SMILES string of the molecule is CC(C)(O)CNC(=O)c1ccc(-c2ccc(C(CC3CCOCC3)c3ccc(S(=O)(=O)C4CC4)cc3)[nH]2)nc1. The molecule has 208 valence electrons. The molecule has 2 aromatic heterocycles. The number of ether oxygens (including phenoxy) is 1. The van der Waals surface area contributed by atoms with Crippen LogP contribution in [0.4, 0.5) is 0 Å². The van der Waals surface area contributed by atoms with Gasteiger partial charge in [0.1, 0.15) is 0 Å². The van der Waals surface area contributed by atoms with Gasteiger partial charge in [0.05, 0.1) is 32.7 Å². The molecule has 1 unspecified atom stereocenters. The van der Waals surface area contributed by atoms with Crippen LogP contribution in [-0.2, 0) is 14.6 Å². The average molecular weight is 552 g/mol. The van der Waals surface area contributed by atoms with Gasteiger partial charge in [0.25, 0.3) is 5.91 Å².